The highest BCUT2D eigenvalue weighted by molar-refractivity contribution is 7.07. The smallest absolute Gasteiger partial charge is 0.338 e. The molecule has 1 saturated heterocycles. The van der Waals surface area contributed by atoms with Crippen LogP contribution in [0.25, 0.3) is 6.08 Å². The summed E-state index contributed by atoms with van der Waals surface area (Å²) in [6.45, 7) is 5.69. The Bertz CT molecular complexity index is 1490. The van der Waals surface area contributed by atoms with Crippen molar-refractivity contribution in [1.82, 2.24) is 4.57 Å². The van der Waals surface area contributed by atoms with Gasteiger partial charge < -0.3 is 18.8 Å². The molecule has 2 aliphatic rings. The van der Waals surface area contributed by atoms with E-state index in [1.165, 1.54) is 17.8 Å². The van der Waals surface area contributed by atoms with Gasteiger partial charge in [-0.05, 0) is 45.2 Å². The van der Waals surface area contributed by atoms with Gasteiger partial charge in [-0.3, -0.25) is 9.36 Å². The number of nitrogens with zero attached hydrogens (tertiary/aromatic N) is 3. The van der Waals surface area contributed by atoms with E-state index in [1.807, 2.05) is 36.4 Å². The summed E-state index contributed by atoms with van der Waals surface area (Å²) in [5, 5.41) is 0. The molecule has 36 heavy (non-hydrogen) atoms. The number of aromatic nitrogens is 1. The summed E-state index contributed by atoms with van der Waals surface area (Å²) in [5.41, 5.74) is 1.28. The molecule has 2 aromatic heterocycles. The molecule has 188 valence electrons. The number of hydrogen-bond acceptors (Lipinski definition) is 8. The molecule has 4 heterocycles. The fourth-order valence-corrected chi connectivity index (χ4v) is 5.84. The minimum atomic E-state index is -0.723. The molecule has 3 aromatic rings. The number of furan rings is 1. The topological polar surface area (TPSA) is 86.3 Å². The van der Waals surface area contributed by atoms with E-state index in [9.17, 15) is 9.59 Å². The highest BCUT2D eigenvalue weighted by Crippen LogP contribution is 2.35. The molecule has 2 aliphatic heterocycles. The normalized spacial score (nSPS) is 18.1. The van der Waals surface area contributed by atoms with Crippen LogP contribution in [0.15, 0.2) is 61.9 Å². The molecule has 8 nitrogen and oxygen atoms in total. The lowest BCUT2D eigenvalue weighted by molar-refractivity contribution is -0.139. The highest BCUT2D eigenvalue weighted by atomic mass is 32.1. The van der Waals surface area contributed by atoms with E-state index in [0.29, 0.717) is 37.7 Å². The van der Waals surface area contributed by atoms with Crippen molar-refractivity contribution in [3.05, 3.63) is 78.7 Å². The first-order chi connectivity index (χ1) is 17.5. The summed E-state index contributed by atoms with van der Waals surface area (Å²) in [4.78, 5) is 34.2. The fourth-order valence-electron chi connectivity index (χ4n) is 4.81. The minimum absolute atomic E-state index is 0.219. The van der Waals surface area contributed by atoms with Crippen molar-refractivity contribution >= 4 is 29.3 Å². The van der Waals surface area contributed by atoms with Crippen molar-refractivity contribution in [3.8, 4) is 5.75 Å². The standard InChI is InChI=1S/C27H29N3O5S/c1-4-34-26(32)23-17(2)28-27-30(24(23)19-10-6-7-11-20(19)33-3)25(31)21(36-27)16-18-12-13-22(35-18)29-14-8-5-9-15-29/h6-7,10-13,16,24H,4-5,8-9,14-15H2,1-3H3/t24-/m0/s1. The summed E-state index contributed by atoms with van der Waals surface area (Å²) in [5.74, 6) is 1.50. The van der Waals surface area contributed by atoms with Gasteiger partial charge in [0.2, 0.25) is 0 Å². The monoisotopic (exact) mass is 507 g/mol. The van der Waals surface area contributed by atoms with Crippen molar-refractivity contribution in [2.24, 2.45) is 4.99 Å². The summed E-state index contributed by atoms with van der Waals surface area (Å²) in [7, 11) is 1.57. The molecule has 1 fully saturated rings. The van der Waals surface area contributed by atoms with Crippen LogP contribution in [0.1, 0.15) is 50.5 Å². The zero-order chi connectivity index (χ0) is 25.2. The van der Waals surface area contributed by atoms with E-state index in [1.54, 1.807) is 31.6 Å². The number of methoxy groups -OCH3 is 1. The molecule has 9 heteroatoms. The second-order valence-corrected chi connectivity index (χ2v) is 9.78. The number of benzene rings is 1. The molecule has 0 radical (unpaired) electrons. The maximum atomic E-state index is 13.8. The van der Waals surface area contributed by atoms with E-state index >= 15 is 0 Å². The van der Waals surface area contributed by atoms with Crippen LogP contribution in [0, 0.1) is 0 Å². The molecule has 0 bridgehead atoms. The van der Waals surface area contributed by atoms with E-state index < -0.39 is 12.0 Å². The number of carbonyl (C=O) groups excluding carboxylic acids is 1. The number of fused-ring (bicyclic) bond motifs is 1. The first kappa shape index (κ1) is 24.1. The van der Waals surface area contributed by atoms with Gasteiger partial charge in [-0.25, -0.2) is 9.79 Å². The molecule has 0 unspecified atom stereocenters. The zero-order valence-electron chi connectivity index (χ0n) is 20.7. The first-order valence-corrected chi connectivity index (χ1v) is 13.0. The maximum absolute atomic E-state index is 13.8. The lowest BCUT2D eigenvalue weighted by atomic mass is 9.95. The Hall–Kier alpha value is -3.59. The number of hydrogen-bond donors (Lipinski definition) is 0. The summed E-state index contributed by atoms with van der Waals surface area (Å²) >= 11 is 1.27. The van der Waals surface area contributed by atoms with Crippen LogP contribution in [-0.2, 0) is 9.53 Å². The van der Waals surface area contributed by atoms with E-state index in [-0.39, 0.29) is 12.2 Å². The van der Waals surface area contributed by atoms with E-state index in [2.05, 4.69) is 9.89 Å². The Morgan fingerprint density at radius 2 is 1.97 bits per heavy atom. The molecular formula is C27H29N3O5S. The van der Waals surface area contributed by atoms with Crippen LogP contribution in [0.2, 0.25) is 0 Å². The second kappa shape index (κ2) is 10.2. The van der Waals surface area contributed by atoms with Gasteiger partial charge in [0.15, 0.2) is 10.7 Å². The van der Waals surface area contributed by atoms with Crippen LogP contribution in [0.3, 0.4) is 0 Å². The number of allylic oxidation sites excluding steroid dienone is 1. The number of thiazole rings is 1. The van der Waals surface area contributed by atoms with Crippen LogP contribution >= 0.6 is 11.3 Å². The number of rotatable bonds is 6. The summed E-state index contributed by atoms with van der Waals surface area (Å²) in [6, 6.07) is 10.5. The Balaban J connectivity index is 1.63. The average molecular weight is 508 g/mol. The highest BCUT2D eigenvalue weighted by Gasteiger charge is 2.35. The number of piperidine rings is 1. The van der Waals surface area contributed by atoms with E-state index in [4.69, 9.17) is 13.9 Å². The molecule has 1 aromatic carbocycles. The molecule has 1 atom stereocenters. The van der Waals surface area contributed by atoms with Crippen LogP contribution in [0.5, 0.6) is 5.75 Å². The van der Waals surface area contributed by atoms with Gasteiger partial charge in [0.1, 0.15) is 17.6 Å². The predicted molar refractivity (Wildman–Crippen MR) is 138 cm³/mol. The molecule has 5 rings (SSSR count). The molecule has 0 saturated carbocycles. The maximum Gasteiger partial charge on any atom is 0.338 e. The van der Waals surface area contributed by atoms with Gasteiger partial charge in [-0.15, -0.1) is 0 Å². The lowest BCUT2D eigenvalue weighted by Crippen LogP contribution is -2.40. The summed E-state index contributed by atoms with van der Waals surface area (Å²) in [6.07, 6.45) is 5.30. The Kier molecular flexibility index (Phi) is 6.82. The van der Waals surface area contributed by atoms with Crippen molar-refractivity contribution in [3.63, 3.8) is 0 Å². The second-order valence-electron chi connectivity index (χ2n) is 8.77. The number of carbonyl (C=O) groups is 1. The predicted octanol–water partition coefficient (Wildman–Crippen LogP) is 3.39. The average Bonchev–Trinajstić information content (AvgIpc) is 3.48. The molecule has 0 aliphatic carbocycles. The number of ether oxygens (including phenoxy) is 2. The van der Waals surface area contributed by atoms with Gasteiger partial charge in [-0.1, -0.05) is 29.5 Å². The Labute approximate surface area is 212 Å². The van der Waals surface area contributed by atoms with Crippen molar-refractivity contribution in [1.29, 1.82) is 0 Å². The number of esters is 1. The van der Waals surface area contributed by atoms with Crippen molar-refractivity contribution in [2.75, 3.05) is 31.7 Å². The van der Waals surface area contributed by atoms with Crippen LogP contribution in [-0.4, -0.2) is 37.3 Å². The lowest BCUT2D eigenvalue weighted by Gasteiger charge is -2.25. The molecular weight excluding hydrogens is 478 g/mol. The molecule has 0 N–H and O–H groups in total. The summed E-state index contributed by atoms with van der Waals surface area (Å²) < 4.78 is 19.1. The zero-order valence-corrected chi connectivity index (χ0v) is 21.5. The fraction of sp³-hybridized carbons (Fsp3) is 0.370. The van der Waals surface area contributed by atoms with Crippen molar-refractivity contribution in [2.45, 2.75) is 39.2 Å². The van der Waals surface area contributed by atoms with Gasteiger partial charge in [0, 0.05) is 30.8 Å². The third kappa shape index (κ3) is 4.39. The van der Waals surface area contributed by atoms with Crippen LogP contribution < -0.4 is 24.5 Å². The van der Waals surface area contributed by atoms with Gasteiger partial charge >= 0.3 is 5.97 Å². The first-order valence-electron chi connectivity index (χ1n) is 12.2. The largest absolute Gasteiger partial charge is 0.496 e. The minimum Gasteiger partial charge on any atom is -0.496 e. The van der Waals surface area contributed by atoms with E-state index in [0.717, 1.165) is 31.8 Å². The van der Waals surface area contributed by atoms with Gasteiger partial charge in [-0.2, -0.15) is 0 Å². The van der Waals surface area contributed by atoms with Gasteiger partial charge in [0.25, 0.3) is 5.56 Å². The van der Waals surface area contributed by atoms with Crippen LogP contribution in [0.4, 0.5) is 5.88 Å². The number of anilines is 1. The molecule has 0 amide bonds. The number of para-hydroxylation sites is 1. The third-order valence-electron chi connectivity index (χ3n) is 6.50. The molecule has 0 spiro atoms. The van der Waals surface area contributed by atoms with Gasteiger partial charge in [0.05, 0.1) is 29.5 Å². The Morgan fingerprint density at radius 1 is 1.19 bits per heavy atom. The SMILES string of the molecule is CCOC(=O)C1=C(C)N=c2sc(=Cc3ccc(N4CCCCC4)o3)c(=O)n2[C@H]1c1ccccc1OC. The third-order valence-corrected chi connectivity index (χ3v) is 7.49. The van der Waals surface area contributed by atoms with Crippen molar-refractivity contribution < 1.29 is 18.7 Å². The Morgan fingerprint density at radius 3 is 2.72 bits per heavy atom. The quantitative estimate of drug-likeness (QED) is 0.476.